The van der Waals surface area contributed by atoms with Crippen molar-refractivity contribution in [3.05, 3.63) is 21.8 Å². The molecule has 1 amide bonds. The van der Waals surface area contributed by atoms with Gasteiger partial charge in [0.15, 0.2) is 5.15 Å². The molecule has 10 heteroatoms. The lowest BCUT2D eigenvalue weighted by Crippen LogP contribution is -2.20. The zero-order valence-corrected chi connectivity index (χ0v) is 10.6. The molecule has 0 aliphatic carbocycles. The molecule has 106 valence electrons. The van der Waals surface area contributed by atoms with Crippen LogP contribution in [-0.4, -0.2) is 30.5 Å². The average molecular weight is 319 g/mol. The van der Waals surface area contributed by atoms with Gasteiger partial charge in [-0.1, -0.05) is 23.2 Å². The highest BCUT2D eigenvalue weighted by molar-refractivity contribution is 6.41. The van der Waals surface area contributed by atoms with E-state index in [9.17, 15) is 18.0 Å². The second-order valence-electron chi connectivity index (χ2n) is 3.12. The van der Waals surface area contributed by atoms with E-state index < -0.39 is 25.5 Å². The lowest BCUT2D eigenvalue weighted by molar-refractivity contribution is -0.325. The molecule has 5 nitrogen and oxygen atoms in total. The van der Waals surface area contributed by atoms with Crippen molar-refractivity contribution >= 4 is 29.1 Å². The Kier molecular flexibility index (Phi) is 5.21. The minimum atomic E-state index is -4.76. The van der Waals surface area contributed by atoms with Gasteiger partial charge in [-0.2, -0.15) is 4.98 Å². The van der Waals surface area contributed by atoms with Gasteiger partial charge < -0.3 is 10.5 Å². The van der Waals surface area contributed by atoms with Gasteiger partial charge in [0.05, 0.1) is 11.6 Å². The van der Waals surface area contributed by atoms with E-state index in [0.29, 0.717) is 0 Å². The van der Waals surface area contributed by atoms with Crippen molar-refractivity contribution in [1.82, 2.24) is 4.98 Å². The molecule has 0 spiro atoms. The largest absolute Gasteiger partial charge is 0.522 e. The highest BCUT2D eigenvalue weighted by atomic mass is 35.5. The zero-order valence-electron chi connectivity index (χ0n) is 9.13. The fraction of sp³-hybridized carbons (Fsp3) is 0.333. The molecule has 2 N–H and O–H groups in total. The van der Waals surface area contributed by atoms with E-state index in [-0.39, 0.29) is 21.6 Å². The third kappa shape index (κ3) is 5.09. The average Bonchev–Trinajstić information content (AvgIpc) is 2.27. The first kappa shape index (κ1) is 15.8. The number of rotatable bonds is 5. The normalized spacial score (nSPS) is 11.4. The molecular weight excluding hydrogens is 312 g/mol. The maximum atomic E-state index is 11.7. The molecule has 0 aliphatic heterocycles. The van der Waals surface area contributed by atoms with Crippen molar-refractivity contribution in [2.45, 2.75) is 6.36 Å². The number of carbonyl (C=O) groups is 1. The summed E-state index contributed by atoms with van der Waals surface area (Å²) in [7, 11) is 0. The molecule has 0 aliphatic rings. The first-order valence-corrected chi connectivity index (χ1v) is 5.45. The lowest BCUT2D eigenvalue weighted by Gasteiger charge is -2.11. The molecule has 0 atom stereocenters. The van der Waals surface area contributed by atoms with Crippen LogP contribution in [0.2, 0.25) is 10.2 Å². The van der Waals surface area contributed by atoms with Crippen LogP contribution in [-0.2, 0) is 4.74 Å². The van der Waals surface area contributed by atoms with Crippen LogP contribution in [0.25, 0.3) is 0 Å². The van der Waals surface area contributed by atoms with E-state index >= 15 is 0 Å². The van der Waals surface area contributed by atoms with E-state index in [4.69, 9.17) is 33.7 Å². The second kappa shape index (κ2) is 6.27. The van der Waals surface area contributed by atoms with Gasteiger partial charge in [0, 0.05) is 0 Å². The minimum Gasteiger partial charge on any atom is -0.475 e. The van der Waals surface area contributed by atoms with Gasteiger partial charge in [-0.15, -0.1) is 13.2 Å². The van der Waals surface area contributed by atoms with Gasteiger partial charge >= 0.3 is 6.36 Å². The van der Waals surface area contributed by atoms with E-state index in [0.717, 1.165) is 6.07 Å². The fourth-order valence-electron chi connectivity index (χ4n) is 1.03. The van der Waals surface area contributed by atoms with Gasteiger partial charge in [-0.3, -0.25) is 9.53 Å². The number of ether oxygens (including phenoxy) is 2. The Hall–Kier alpha value is -1.25. The third-order valence-electron chi connectivity index (χ3n) is 1.75. The second-order valence-corrected chi connectivity index (χ2v) is 3.89. The molecule has 0 aromatic carbocycles. The molecule has 0 saturated carbocycles. The monoisotopic (exact) mass is 318 g/mol. The van der Waals surface area contributed by atoms with Crippen LogP contribution in [0.5, 0.6) is 5.88 Å². The zero-order chi connectivity index (χ0) is 14.6. The van der Waals surface area contributed by atoms with E-state index in [1.165, 1.54) is 0 Å². The molecule has 0 fully saturated rings. The molecular formula is C9H7Cl2F3N2O3. The number of amides is 1. The Balaban J connectivity index is 2.72. The standard InChI is InChI=1S/C9H7Cl2F3N2O3/c10-5-3-4(7(15)17)8(16-6(5)11)18-1-2-19-9(12,13)14/h3H,1-2H2,(H2,15,17). The maximum absolute atomic E-state index is 11.7. The number of alkyl halides is 3. The SMILES string of the molecule is NC(=O)c1cc(Cl)c(Cl)nc1OCCOC(F)(F)F. The predicted octanol–water partition coefficient (Wildman–Crippen LogP) is 2.40. The molecule has 0 bridgehead atoms. The summed E-state index contributed by atoms with van der Waals surface area (Å²) in [6.07, 6.45) is -4.76. The third-order valence-corrected chi connectivity index (χ3v) is 2.42. The Labute approximate surface area is 115 Å². The highest BCUT2D eigenvalue weighted by Crippen LogP contribution is 2.26. The number of primary amides is 1. The molecule has 0 saturated heterocycles. The van der Waals surface area contributed by atoms with Crippen molar-refractivity contribution in [2.75, 3.05) is 13.2 Å². The Bertz CT molecular complexity index is 483. The van der Waals surface area contributed by atoms with Crippen LogP contribution in [0.3, 0.4) is 0 Å². The van der Waals surface area contributed by atoms with Crippen molar-refractivity contribution < 1.29 is 27.4 Å². The lowest BCUT2D eigenvalue weighted by atomic mass is 10.2. The molecule has 19 heavy (non-hydrogen) atoms. The molecule has 1 aromatic rings. The molecule has 1 rings (SSSR count). The number of hydrogen-bond acceptors (Lipinski definition) is 4. The van der Waals surface area contributed by atoms with Gasteiger partial charge in [-0.25, -0.2) is 0 Å². The molecule has 1 heterocycles. The summed E-state index contributed by atoms with van der Waals surface area (Å²) in [5.41, 5.74) is 4.84. The van der Waals surface area contributed by atoms with Crippen LogP contribution in [0.15, 0.2) is 6.07 Å². The smallest absolute Gasteiger partial charge is 0.475 e. The van der Waals surface area contributed by atoms with Crippen LogP contribution in [0.1, 0.15) is 10.4 Å². The van der Waals surface area contributed by atoms with Gasteiger partial charge in [0.1, 0.15) is 12.2 Å². The maximum Gasteiger partial charge on any atom is 0.522 e. The van der Waals surface area contributed by atoms with Gasteiger partial charge in [0.2, 0.25) is 5.88 Å². The number of carbonyl (C=O) groups excluding carboxylic acids is 1. The quantitative estimate of drug-likeness (QED) is 0.668. The van der Waals surface area contributed by atoms with E-state index in [1.807, 2.05) is 0 Å². The van der Waals surface area contributed by atoms with Crippen molar-refractivity contribution in [3.8, 4) is 5.88 Å². The number of pyridine rings is 1. The number of nitrogens with zero attached hydrogens (tertiary/aromatic N) is 1. The topological polar surface area (TPSA) is 74.4 Å². The van der Waals surface area contributed by atoms with E-state index in [2.05, 4.69) is 9.72 Å². The first-order valence-electron chi connectivity index (χ1n) is 4.70. The molecule has 0 radical (unpaired) electrons. The van der Waals surface area contributed by atoms with Crippen LogP contribution in [0, 0.1) is 0 Å². The molecule has 1 aromatic heterocycles. The van der Waals surface area contributed by atoms with Gasteiger partial charge in [-0.05, 0) is 6.07 Å². The van der Waals surface area contributed by atoms with Crippen molar-refractivity contribution in [2.24, 2.45) is 5.73 Å². The number of aromatic nitrogens is 1. The summed E-state index contributed by atoms with van der Waals surface area (Å²) < 4.78 is 43.4. The predicted molar refractivity (Wildman–Crippen MR) is 60.3 cm³/mol. The highest BCUT2D eigenvalue weighted by Gasteiger charge is 2.28. The van der Waals surface area contributed by atoms with Crippen molar-refractivity contribution in [3.63, 3.8) is 0 Å². The minimum absolute atomic E-state index is 0.0330. The number of nitrogens with two attached hydrogens (primary N) is 1. The fourth-order valence-corrected chi connectivity index (χ4v) is 1.32. The summed E-state index contributed by atoms with van der Waals surface area (Å²) in [6, 6.07) is 1.11. The Morgan fingerprint density at radius 2 is 2.00 bits per heavy atom. The summed E-state index contributed by atoms with van der Waals surface area (Å²) in [5.74, 6) is -1.22. The van der Waals surface area contributed by atoms with Crippen LogP contribution < -0.4 is 10.5 Å². The van der Waals surface area contributed by atoms with E-state index in [1.54, 1.807) is 0 Å². The van der Waals surface area contributed by atoms with Crippen molar-refractivity contribution in [1.29, 1.82) is 0 Å². The number of halogens is 5. The summed E-state index contributed by atoms with van der Waals surface area (Å²) in [4.78, 5) is 14.7. The summed E-state index contributed by atoms with van der Waals surface area (Å²) in [6.45, 7) is -1.27. The summed E-state index contributed by atoms with van der Waals surface area (Å²) >= 11 is 11.2. The Morgan fingerprint density at radius 3 is 2.53 bits per heavy atom. The van der Waals surface area contributed by atoms with Crippen LogP contribution >= 0.6 is 23.2 Å². The van der Waals surface area contributed by atoms with Crippen LogP contribution in [0.4, 0.5) is 13.2 Å². The number of hydrogen-bond donors (Lipinski definition) is 1. The molecule has 0 unspecified atom stereocenters. The summed E-state index contributed by atoms with van der Waals surface area (Å²) in [5, 5.41) is -0.201. The Morgan fingerprint density at radius 1 is 1.37 bits per heavy atom. The van der Waals surface area contributed by atoms with Gasteiger partial charge in [0.25, 0.3) is 5.91 Å². The first-order chi connectivity index (χ1) is 8.70.